The summed E-state index contributed by atoms with van der Waals surface area (Å²) >= 11 is 2.07. The van der Waals surface area contributed by atoms with E-state index >= 15 is 0 Å². The summed E-state index contributed by atoms with van der Waals surface area (Å²) in [5.74, 6) is -0.578. The Hall–Kier alpha value is 0.880. The molecule has 0 radical (unpaired) electrons. The predicted molar refractivity (Wildman–Crippen MR) is 67.1 cm³/mol. The normalized spacial score (nSPS) is 41.2. The van der Waals surface area contributed by atoms with Gasteiger partial charge in [0, 0.05) is 28.3 Å². The highest BCUT2D eigenvalue weighted by molar-refractivity contribution is 14.2. The van der Waals surface area contributed by atoms with E-state index in [1.807, 2.05) is 13.8 Å². The van der Waals surface area contributed by atoms with Crippen LogP contribution in [0.5, 0.6) is 0 Å². The van der Waals surface area contributed by atoms with Gasteiger partial charge in [-0.05, 0) is 13.8 Å². The van der Waals surface area contributed by atoms with E-state index in [9.17, 15) is 0 Å². The van der Waals surface area contributed by atoms with Crippen LogP contribution in [0.3, 0.4) is 0 Å². The largest absolute Gasteiger partial charge is 0.353 e. The first-order valence-corrected chi connectivity index (χ1v) is 8.30. The molecule has 4 unspecified atom stereocenters. The van der Waals surface area contributed by atoms with Crippen molar-refractivity contribution in [3.8, 4) is 0 Å². The second-order valence-corrected chi connectivity index (χ2v) is 5.63. The van der Waals surface area contributed by atoms with Gasteiger partial charge < -0.3 is 23.1 Å². The molecule has 2 saturated heterocycles. The maximum Gasteiger partial charge on any atom is 0.186 e. The summed E-state index contributed by atoms with van der Waals surface area (Å²) in [5, 5.41) is 0. The molecule has 4 atom stereocenters. The summed E-state index contributed by atoms with van der Waals surface area (Å²) in [6.07, 6.45) is -0.810. The van der Waals surface area contributed by atoms with E-state index in [2.05, 4.69) is 21.2 Å². The molecule has 0 saturated carbocycles. The molecule has 0 bridgehead atoms. The van der Waals surface area contributed by atoms with Crippen molar-refractivity contribution < 1.29 is 23.1 Å². The zero-order valence-corrected chi connectivity index (χ0v) is 12.3. The molecule has 0 amide bonds. The van der Waals surface area contributed by atoms with Crippen molar-refractivity contribution >= 4 is 30.4 Å². The smallest absolute Gasteiger partial charge is 0.186 e. The van der Waals surface area contributed by atoms with Crippen LogP contribution in [0.2, 0.25) is 0 Å². The van der Waals surface area contributed by atoms with E-state index in [4.69, 9.17) is 23.1 Å². The van der Waals surface area contributed by atoms with E-state index in [1.165, 1.54) is 9.21 Å². The summed E-state index contributed by atoms with van der Waals surface area (Å²) < 4.78 is 27.7. The Labute approximate surface area is 111 Å². The molecule has 2 aliphatic rings. The van der Waals surface area contributed by atoms with Gasteiger partial charge in [0.1, 0.15) is 18.3 Å². The Bertz CT molecular complexity index is 252. The number of halogens is 1. The number of hydrogen-bond acceptors (Lipinski definition) is 6. The molecule has 0 aromatic heterocycles. The van der Waals surface area contributed by atoms with Crippen molar-refractivity contribution in [3.63, 3.8) is 0 Å². The van der Waals surface area contributed by atoms with Crippen LogP contribution in [0.1, 0.15) is 13.8 Å². The van der Waals surface area contributed by atoms with Gasteiger partial charge in [-0.25, -0.2) is 0 Å². The topological polar surface area (TPSA) is 46.2 Å². The summed E-state index contributed by atoms with van der Waals surface area (Å²) in [6, 6.07) is 0. The van der Waals surface area contributed by atoms with Gasteiger partial charge in [-0.15, -0.1) is 0 Å². The van der Waals surface area contributed by atoms with Crippen molar-refractivity contribution in [2.24, 2.45) is 0 Å². The van der Waals surface area contributed by atoms with Crippen LogP contribution in [0.15, 0.2) is 0 Å². The SMILES string of the molecule is COC1OC(COSI)C2OC(C)(C)OC12. The molecule has 94 valence electrons. The Kier molecular flexibility index (Phi) is 4.37. The van der Waals surface area contributed by atoms with Crippen molar-refractivity contribution in [3.05, 3.63) is 0 Å². The zero-order valence-electron chi connectivity index (χ0n) is 9.34. The van der Waals surface area contributed by atoms with Crippen LogP contribution in [0, 0.1) is 0 Å². The van der Waals surface area contributed by atoms with Crippen LogP contribution >= 0.6 is 30.4 Å². The molecule has 2 fully saturated rings. The molecule has 7 heteroatoms. The van der Waals surface area contributed by atoms with Crippen LogP contribution in [0.25, 0.3) is 0 Å². The lowest BCUT2D eigenvalue weighted by Crippen LogP contribution is -2.32. The Morgan fingerprint density at radius 2 is 2.00 bits per heavy atom. The lowest BCUT2D eigenvalue weighted by Gasteiger charge is -2.23. The molecule has 16 heavy (non-hydrogen) atoms. The molecule has 2 rings (SSSR count). The first kappa shape index (κ1) is 13.3. The van der Waals surface area contributed by atoms with E-state index < -0.39 is 5.79 Å². The van der Waals surface area contributed by atoms with E-state index in [-0.39, 0.29) is 24.6 Å². The maximum atomic E-state index is 5.80. The Morgan fingerprint density at radius 1 is 1.31 bits per heavy atom. The van der Waals surface area contributed by atoms with Crippen LogP contribution < -0.4 is 0 Å². The average Bonchev–Trinajstić information content (AvgIpc) is 2.69. The summed E-state index contributed by atoms with van der Waals surface area (Å²) in [5.41, 5.74) is 0. The number of ether oxygens (including phenoxy) is 4. The molecule has 0 aromatic rings. The lowest BCUT2D eigenvalue weighted by molar-refractivity contribution is -0.229. The van der Waals surface area contributed by atoms with E-state index in [0.29, 0.717) is 6.61 Å². The minimum atomic E-state index is -0.578. The van der Waals surface area contributed by atoms with Crippen LogP contribution in [-0.4, -0.2) is 44.1 Å². The molecule has 2 heterocycles. The molecular weight excluding hydrogens is 347 g/mol. The molecule has 0 aliphatic carbocycles. The fourth-order valence-corrected chi connectivity index (χ4v) is 2.68. The third-order valence-corrected chi connectivity index (χ3v) is 3.60. The van der Waals surface area contributed by atoms with Crippen molar-refractivity contribution in [2.45, 2.75) is 44.2 Å². The summed E-state index contributed by atoms with van der Waals surface area (Å²) in [7, 11) is 2.89. The highest BCUT2D eigenvalue weighted by Gasteiger charge is 2.55. The van der Waals surface area contributed by atoms with Crippen molar-refractivity contribution in [2.75, 3.05) is 13.7 Å². The second kappa shape index (κ2) is 5.25. The average molecular weight is 362 g/mol. The molecule has 0 spiro atoms. The fourth-order valence-electron chi connectivity index (χ4n) is 2.06. The molecular formula is C9H15IO5S. The first-order valence-electron chi connectivity index (χ1n) is 5.01. The van der Waals surface area contributed by atoms with Crippen molar-refractivity contribution in [1.29, 1.82) is 0 Å². The summed E-state index contributed by atoms with van der Waals surface area (Å²) in [4.78, 5) is 0. The fraction of sp³-hybridized carbons (Fsp3) is 1.00. The van der Waals surface area contributed by atoms with Crippen LogP contribution in [-0.2, 0) is 23.1 Å². The van der Waals surface area contributed by atoms with Gasteiger partial charge in [0.15, 0.2) is 12.1 Å². The van der Waals surface area contributed by atoms with Gasteiger partial charge in [-0.1, -0.05) is 0 Å². The van der Waals surface area contributed by atoms with Gasteiger partial charge >= 0.3 is 0 Å². The maximum absolute atomic E-state index is 5.80. The summed E-state index contributed by atoms with van der Waals surface area (Å²) in [6.45, 7) is 4.25. The standard InChI is InChI=1S/C9H15IO5S/c1-9(2)14-6-5(4-12-16-10)13-8(11-3)7(6)15-9/h5-8H,4H2,1-3H3. The van der Waals surface area contributed by atoms with E-state index in [0.717, 1.165) is 0 Å². The molecule has 2 aliphatic heterocycles. The first-order chi connectivity index (χ1) is 7.57. The minimum absolute atomic E-state index is 0.122. The third kappa shape index (κ3) is 2.65. The molecule has 0 aromatic carbocycles. The van der Waals surface area contributed by atoms with Gasteiger partial charge in [0.05, 0.1) is 15.8 Å². The van der Waals surface area contributed by atoms with E-state index in [1.54, 1.807) is 7.11 Å². The lowest BCUT2D eigenvalue weighted by atomic mass is 10.1. The number of fused-ring (bicyclic) bond motifs is 1. The monoisotopic (exact) mass is 362 g/mol. The highest BCUT2D eigenvalue weighted by atomic mass is 127. The second-order valence-electron chi connectivity index (χ2n) is 4.19. The van der Waals surface area contributed by atoms with Gasteiger partial charge in [-0.2, -0.15) is 0 Å². The minimum Gasteiger partial charge on any atom is -0.353 e. The molecule has 0 N–H and O–H groups in total. The Balaban J connectivity index is 2.02. The Morgan fingerprint density at radius 3 is 2.62 bits per heavy atom. The number of methoxy groups -OCH3 is 1. The van der Waals surface area contributed by atoms with Gasteiger partial charge in [0.2, 0.25) is 0 Å². The van der Waals surface area contributed by atoms with Gasteiger partial charge in [-0.3, -0.25) is 0 Å². The zero-order chi connectivity index (χ0) is 11.8. The predicted octanol–water partition coefficient (Wildman–Crippen LogP) is 1.89. The van der Waals surface area contributed by atoms with Crippen LogP contribution in [0.4, 0.5) is 0 Å². The third-order valence-electron chi connectivity index (χ3n) is 2.62. The quantitative estimate of drug-likeness (QED) is 0.562. The number of rotatable bonds is 4. The molecule has 5 nitrogen and oxygen atoms in total. The number of hydrogen-bond donors (Lipinski definition) is 0. The van der Waals surface area contributed by atoms with Crippen molar-refractivity contribution in [1.82, 2.24) is 0 Å². The van der Waals surface area contributed by atoms with Gasteiger partial charge in [0.25, 0.3) is 0 Å². The highest BCUT2D eigenvalue weighted by Crippen LogP contribution is 2.39.